The lowest BCUT2D eigenvalue weighted by Gasteiger charge is -2.15. The molecule has 2 N–H and O–H groups in total. The van der Waals surface area contributed by atoms with Crippen LogP contribution in [0.5, 0.6) is 0 Å². The largest absolute Gasteiger partial charge is 0.498 e. The summed E-state index contributed by atoms with van der Waals surface area (Å²) in [5, 5.41) is 0. The van der Waals surface area contributed by atoms with Crippen molar-refractivity contribution in [1.29, 1.82) is 0 Å². The maximum atomic E-state index is 10.3. The molecule has 0 aromatic carbocycles. The van der Waals surface area contributed by atoms with Crippen molar-refractivity contribution < 1.29 is 28.3 Å². The minimum Gasteiger partial charge on any atom is -0.498 e. The summed E-state index contributed by atoms with van der Waals surface area (Å²) in [4.78, 5) is 16.8. The first-order valence-electron chi connectivity index (χ1n) is 3.68. The van der Waals surface area contributed by atoms with E-state index in [0.29, 0.717) is 0 Å². The number of hydrogen-bond donors (Lipinski definition) is 2. The van der Waals surface area contributed by atoms with Crippen LogP contribution in [0, 0.1) is 0 Å². The third kappa shape index (κ3) is 7.82. The molecule has 6 nitrogen and oxygen atoms in total. The van der Waals surface area contributed by atoms with Crippen LogP contribution in [-0.4, -0.2) is 29.1 Å². The van der Waals surface area contributed by atoms with Gasteiger partial charge in [0.2, 0.25) is 0 Å². The molecular formula is C7H13O6P. The molecule has 82 valence electrons. The van der Waals surface area contributed by atoms with Crippen LogP contribution in [0.15, 0.2) is 25.7 Å². The second-order valence-electron chi connectivity index (χ2n) is 2.21. The highest BCUT2D eigenvalue weighted by Crippen LogP contribution is 2.35. The van der Waals surface area contributed by atoms with E-state index < -0.39 is 13.9 Å². The van der Waals surface area contributed by atoms with Gasteiger partial charge in [-0.25, -0.2) is 4.57 Å². The van der Waals surface area contributed by atoms with Crippen molar-refractivity contribution >= 4 is 7.82 Å². The lowest BCUT2D eigenvalue weighted by molar-refractivity contribution is 0.0254. The summed E-state index contributed by atoms with van der Waals surface area (Å²) >= 11 is 0. The average Bonchev–Trinajstić information content (AvgIpc) is 2.08. The van der Waals surface area contributed by atoms with Crippen molar-refractivity contribution in [2.24, 2.45) is 0 Å². The Morgan fingerprint density at radius 1 is 1.29 bits per heavy atom. The van der Waals surface area contributed by atoms with Gasteiger partial charge in [0, 0.05) is 0 Å². The molecule has 0 radical (unpaired) electrons. The zero-order valence-electron chi connectivity index (χ0n) is 7.54. The molecule has 0 aromatic rings. The molecule has 0 saturated carbocycles. The SMILES string of the molecule is C=COCC(COP(=O)(O)O)OC=C. The van der Waals surface area contributed by atoms with Crippen LogP contribution < -0.4 is 0 Å². The molecule has 1 atom stereocenters. The molecule has 0 aliphatic heterocycles. The number of rotatable bonds is 8. The zero-order valence-corrected chi connectivity index (χ0v) is 8.43. The average molecular weight is 224 g/mol. The summed E-state index contributed by atoms with van der Waals surface area (Å²) < 4.78 is 24.2. The maximum Gasteiger partial charge on any atom is 0.469 e. The molecule has 0 rings (SSSR count). The van der Waals surface area contributed by atoms with Gasteiger partial charge in [-0.2, -0.15) is 0 Å². The maximum absolute atomic E-state index is 10.3. The van der Waals surface area contributed by atoms with Gasteiger partial charge in [0.15, 0.2) is 6.10 Å². The van der Waals surface area contributed by atoms with Crippen molar-refractivity contribution in [3.8, 4) is 0 Å². The Hall–Kier alpha value is -0.810. The van der Waals surface area contributed by atoms with E-state index in [-0.39, 0.29) is 13.2 Å². The number of ether oxygens (including phenoxy) is 2. The van der Waals surface area contributed by atoms with Crippen LogP contribution in [0.25, 0.3) is 0 Å². The second kappa shape index (κ2) is 6.62. The summed E-state index contributed by atoms with van der Waals surface area (Å²) in [5.74, 6) is 0. The fraction of sp³-hybridized carbons (Fsp3) is 0.429. The fourth-order valence-electron chi connectivity index (χ4n) is 0.618. The smallest absolute Gasteiger partial charge is 0.469 e. The Morgan fingerprint density at radius 3 is 2.36 bits per heavy atom. The zero-order chi connectivity index (χ0) is 11.0. The van der Waals surface area contributed by atoms with Crippen molar-refractivity contribution in [2.45, 2.75) is 6.10 Å². The van der Waals surface area contributed by atoms with Gasteiger partial charge >= 0.3 is 7.82 Å². The molecular weight excluding hydrogens is 211 g/mol. The van der Waals surface area contributed by atoms with Gasteiger partial charge in [0.05, 0.1) is 19.1 Å². The van der Waals surface area contributed by atoms with E-state index in [0.717, 1.165) is 6.26 Å². The van der Waals surface area contributed by atoms with Crippen molar-refractivity contribution in [2.75, 3.05) is 13.2 Å². The standard InChI is InChI=1S/C7H13O6P/c1-3-11-5-7(12-4-2)6-13-14(8,9)10/h3-4,7H,1-2,5-6H2,(H2,8,9,10). The third-order valence-corrected chi connectivity index (χ3v) is 1.60. The first kappa shape index (κ1) is 13.2. The van der Waals surface area contributed by atoms with E-state index in [1.165, 1.54) is 6.26 Å². The van der Waals surface area contributed by atoms with E-state index in [2.05, 4.69) is 17.7 Å². The highest BCUT2D eigenvalue weighted by atomic mass is 31.2. The summed E-state index contributed by atoms with van der Waals surface area (Å²) in [7, 11) is -4.47. The number of phosphoric ester groups is 1. The minimum atomic E-state index is -4.47. The summed E-state index contributed by atoms with van der Waals surface area (Å²) in [5.41, 5.74) is 0. The van der Waals surface area contributed by atoms with E-state index in [1.807, 2.05) is 0 Å². The number of phosphoric acid groups is 1. The third-order valence-electron chi connectivity index (χ3n) is 1.12. The van der Waals surface area contributed by atoms with Gasteiger partial charge in [0.25, 0.3) is 0 Å². The summed E-state index contributed by atoms with van der Waals surface area (Å²) in [6.07, 6.45) is 1.70. The molecule has 0 aliphatic rings. The molecule has 0 spiro atoms. The quantitative estimate of drug-likeness (QED) is 0.468. The molecule has 0 amide bonds. The van der Waals surface area contributed by atoms with Crippen LogP contribution in [0.3, 0.4) is 0 Å². The Bertz CT molecular complexity index is 222. The first-order valence-corrected chi connectivity index (χ1v) is 5.21. The Kier molecular flexibility index (Phi) is 6.23. The molecule has 0 heterocycles. The molecule has 0 aliphatic carbocycles. The van der Waals surface area contributed by atoms with Crippen molar-refractivity contribution in [3.63, 3.8) is 0 Å². The molecule has 7 heteroatoms. The van der Waals surface area contributed by atoms with Gasteiger partial charge in [-0.1, -0.05) is 13.2 Å². The topological polar surface area (TPSA) is 85.2 Å². The first-order chi connectivity index (χ1) is 6.49. The van der Waals surface area contributed by atoms with E-state index >= 15 is 0 Å². The normalized spacial score (nSPS) is 13.0. The van der Waals surface area contributed by atoms with Gasteiger partial charge in [-0.05, 0) is 0 Å². The molecule has 14 heavy (non-hydrogen) atoms. The van der Waals surface area contributed by atoms with Crippen molar-refractivity contribution in [1.82, 2.24) is 0 Å². The highest BCUT2D eigenvalue weighted by Gasteiger charge is 2.18. The van der Waals surface area contributed by atoms with E-state index in [9.17, 15) is 4.57 Å². The van der Waals surface area contributed by atoms with Crippen molar-refractivity contribution in [3.05, 3.63) is 25.7 Å². The molecule has 0 saturated heterocycles. The Labute approximate surface area is 82.0 Å². The lowest BCUT2D eigenvalue weighted by atomic mass is 10.4. The van der Waals surface area contributed by atoms with E-state index in [1.54, 1.807) is 0 Å². The molecule has 1 unspecified atom stereocenters. The number of hydrogen-bond acceptors (Lipinski definition) is 4. The van der Waals surface area contributed by atoms with Crippen LogP contribution in [0.2, 0.25) is 0 Å². The van der Waals surface area contributed by atoms with Gasteiger partial charge in [0.1, 0.15) is 6.61 Å². The van der Waals surface area contributed by atoms with Crippen LogP contribution in [0.4, 0.5) is 0 Å². The summed E-state index contributed by atoms with van der Waals surface area (Å²) in [6.45, 7) is 6.39. The molecule has 0 bridgehead atoms. The van der Waals surface area contributed by atoms with Crippen LogP contribution in [-0.2, 0) is 18.6 Å². The predicted molar refractivity (Wildman–Crippen MR) is 49.2 cm³/mol. The second-order valence-corrected chi connectivity index (χ2v) is 3.45. The lowest BCUT2D eigenvalue weighted by Crippen LogP contribution is -2.22. The monoisotopic (exact) mass is 224 g/mol. The van der Waals surface area contributed by atoms with Crippen LogP contribution >= 0.6 is 7.82 Å². The van der Waals surface area contributed by atoms with Gasteiger partial charge in [-0.3, -0.25) is 4.52 Å². The molecule has 0 aromatic heterocycles. The highest BCUT2D eigenvalue weighted by molar-refractivity contribution is 7.46. The van der Waals surface area contributed by atoms with E-state index in [4.69, 9.17) is 19.3 Å². The molecule has 0 fully saturated rings. The Morgan fingerprint density at radius 2 is 1.93 bits per heavy atom. The van der Waals surface area contributed by atoms with Gasteiger partial charge < -0.3 is 19.3 Å². The summed E-state index contributed by atoms with van der Waals surface area (Å²) in [6, 6.07) is 0. The van der Waals surface area contributed by atoms with Gasteiger partial charge in [-0.15, -0.1) is 0 Å². The van der Waals surface area contributed by atoms with Crippen LogP contribution in [0.1, 0.15) is 0 Å². The Balaban J connectivity index is 3.89. The minimum absolute atomic E-state index is 0.0789. The fourth-order valence-corrected chi connectivity index (χ4v) is 0.979. The predicted octanol–water partition coefficient (Wildman–Crippen LogP) is 0.784.